The minimum absolute atomic E-state index is 0.0879. The molecule has 0 radical (unpaired) electrons. The topological polar surface area (TPSA) is 152 Å². The van der Waals surface area contributed by atoms with Crippen molar-refractivity contribution in [2.45, 2.75) is 63.7 Å². The summed E-state index contributed by atoms with van der Waals surface area (Å²) < 4.78 is 0. The van der Waals surface area contributed by atoms with Gasteiger partial charge in [-0.05, 0) is 55.4 Å². The minimum atomic E-state index is -1.18. The lowest BCUT2D eigenvalue weighted by Gasteiger charge is -2.27. The molecule has 0 aliphatic carbocycles. The largest absolute Gasteiger partial charge is 0.480 e. The number of thioether (sulfide) groups is 1. The van der Waals surface area contributed by atoms with Gasteiger partial charge >= 0.3 is 5.97 Å². The molecule has 0 bridgehead atoms. The molecule has 1 fully saturated rings. The normalized spacial score (nSPS) is 17.8. The number of aromatic amines is 1. The van der Waals surface area contributed by atoms with Crippen LogP contribution < -0.4 is 21.3 Å². The number of H-pyrrole nitrogens is 1. The molecule has 1 aliphatic rings. The molecule has 4 atom stereocenters. The van der Waals surface area contributed by atoms with Gasteiger partial charge in [-0.3, -0.25) is 14.4 Å². The van der Waals surface area contributed by atoms with Crippen molar-refractivity contribution in [1.29, 1.82) is 0 Å². The molecule has 2 aromatic rings. The molecule has 1 aliphatic heterocycles. The number of aliphatic carboxylic acids is 1. The molecular weight excluding hydrogens is 494 g/mol. The lowest BCUT2D eigenvalue weighted by molar-refractivity contribution is -0.142. The van der Waals surface area contributed by atoms with E-state index < -0.39 is 35.9 Å². The van der Waals surface area contributed by atoms with Crippen LogP contribution in [0, 0.1) is 5.92 Å². The highest BCUT2D eigenvalue weighted by Gasteiger charge is 2.32. The van der Waals surface area contributed by atoms with Crippen molar-refractivity contribution < 1.29 is 24.3 Å². The smallest absolute Gasteiger partial charge is 0.326 e. The van der Waals surface area contributed by atoms with Gasteiger partial charge in [0.05, 0.1) is 6.04 Å². The molecule has 1 saturated heterocycles. The Balaban J connectivity index is 1.68. The van der Waals surface area contributed by atoms with Gasteiger partial charge in [0.2, 0.25) is 17.7 Å². The number of nitrogens with one attached hydrogen (secondary N) is 5. The zero-order valence-corrected chi connectivity index (χ0v) is 22.3. The number of carboxylic acids is 1. The number of carboxylic acid groups (broad SMARTS) is 1. The second-order valence-corrected chi connectivity index (χ2v) is 10.7. The van der Waals surface area contributed by atoms with Crippen molar-refractivity contribution in [2.75, 3.05) is 18.6 Å². The van der Waals surface area contributed by atoms with Gasteiger partial charge in [-0.15, -0.1) is 0 Å². The fraction of sp³-hybridized carbons (Fsp3) is 0.538. The van der Waals surface area contributed by atoms with E-state index in [1.807, 2.05) is 30.5 Å². The van der Waals surface area contributed by atoms with Gasteiger partial charge in [0.25, 0.3) is 0 Å². The van der Waals surface area contributed by atoms with Crippen LogP contribution >= 0.6 is 11.8 Å². The number of hydrogen-bond donors (Lipinski definition) is 6. The van der Waals surface area contributed by atoms with Crippen molar-refractivity contribution in [3.63, 3.8) is 0 Å². The molecule has 37 heavy (non-hydrogen) atoms. The number of fused-ring (bicyclic) bond motifs is 1. The molecule has 3 rings (SSSR count). The molecule has 11 heteroatoms. The van der Waals surface area contributed by atoms with Crippen molar-refractivity contribution in [1.82, 2.24) is 26.3 Å². The Morgan fingerprint density at radius 1 is 1.08 bits per heavy atom. The zero-order valence-electron chi connectivity index (χ0n) is 21.5. The van der Waals surface area contributed by atoms with Crippen LogP contribution in [0.1, 0.15) is 38.7 Å². The maximum atomic E-state index is 13.2. The third kappa shape index (κ3) is 7.72. The lowest BCUT2D eigenvalue weighted by atomic mass is 10.0. The van der Waals surface area contributed by atoms with Crippen LogP contribution in [0.25, 0.3) is 10.9 Å². The predicted molar refractivity (Wildman–Crippen MR) is 144 cm³/mol. The van der Waals surface area contributed by atoms with Gasteiger partial charge < -0.3 is 31.4 Å². The van der Waals surface area contributed by atoms with Gasteiger partial charge in [0, 0.05) is 23.5 Å². The summed E-state index contributed by atoms with van der Waals surface area (Å²) in [5.41, 5.74) is 1.65. The van der Waals surface area contributed by atoms with Crippen LogP contribution in [-0.2, 0) is 25.6 Å². The summed E-state index contributed by atoms with van der Waals surface area (Å²) in [5.74, 6) is -2.09. The third-order valence-corrected chi connectivity index (χ3v) is 7.22. The highest BCUT2D eigenvalue weighted by molar-refractivity contribution is 7.98. The Bertz CT molecular complexity index is 1100. The van der Waals surface area contributed by atoms with E-state index in [4.69, 9.17) is 0 Å². The van der Waals surface area contributed by atoms with Crippen molar-refractivity contribution in [3.8, 4) is 0 Å². The molecule has 202 valence electrons. The van der Waals surface area contributed by atoms with Crippen LogP contribution in [0.2, 0.25) is 0 Å². The Morgan fingerprint density at radius 2 is 1.84 bits per heavy atom. The van der Waals surface area contributed by atoms with E-state index in [0.717, 1.165) is 29.4 Å². The van der Waals surface area contributed by atoms with E-state index in [-0.39, 0.29) is 24.3 Å². The maximum Gasteiger partial charge on any atom is 0.326 e. The number of hydrogen-bond acceptors (Lipinski definition) is 6. The molecule has 1 aromatic carbocycles. The summed E-state index contributed by atoms with van der Waals surface area (Å²) in [6, 6.07) is 4.28. The Morgan fingerprint density at radius 3 is 2.49 bits per heavy atom. The molecule has 10 nitrogen and oxygen atoms in total. The maximum absolute atomic E-state index is 13.2. The fourth-order valence-electron chi connectivity index (χ4n) is 4.46. The second kappa shape index (κ2) is 13.5. The first-order chi connectivity index (χ1) is 17.7. The van der Waals surface area contributed by atoms with Crippen LogP contribution in [0.15, 0.2) is 30.5 Å². The SMILES string of the molecule is CSCCC(NC(=O)C1CCCN1)C(=O)NC(C(=O)NC(Cc1c[nH]c2ccccc12)C(=O)O)C(C)C. The first-order valence-electron chi connectivity index (χ1n) is 12.6. The van der Waals surface area contributed by atoms with E-state index in [0.29, 0.717) is 18.6 Å². The highest BCUT2D eigenvalue weighted by atomic mass is 32.2. The predicted octanol–water partition coefficient (Wildman–Crippen LogP) is 1.41. The standard InChI is InChI=1S/C26H37N5O5S/c1-15(2)22(31-24(33)20(10-12-37-3)29-23(32)19-9-6-11-27-19)25(34)30-21(26(35)36)13-16-14-28-18-8-5-4-7-17(16)18/h4-5,7-8,14-15,19-22,27-28H,6,9-13H2,1-3H3,(H,29,32)(H,30,34)(H,31,33)(H,35,36). The van der Waals surface area contributed by atoms with Crippen LogP contribution in [0.3, 0.4) is 0 Å². The van der Waals surface area contributed by atoms with E-state index in [1.165, 1.54) is 0 Å². The number of carbonyl (C=O) groups is 4. The zero-order chi connectivity index (χ0) is 26.9. The summed E-state index contributed by atoms with van der Waals surface area (Å²) in [5, 5.41) is 22.0. The van der Waals surface area contributed by atoms with Crippen molar-refractivity contribution in [3.05, 3.63) is 36.0 Å². The molecule has 4 unspecified atom stereocenters. The quantitative estimate of drug-likeness (QED) is 0.229. The van der Waals surface area contributed by atoms with Crippen molar-refractivity contribution in [2.24, 2.45) is 5.92 Å². The summed E-state index contributed by atoms with van der Waals surface area (Å²) in [6.45, 7) is 4.31. The minimum Gasteiger partial charge on any atom is -0.480 e. The number of rotatable bonds is 13. The highest BCUT2D eigenvalue weighted by Crippen LogP contribution is 2.19. The second-order valence-electron chi connectivity index (χ2n) is 9.68. The van der Waals surface area contributed by atoms with Crippen molar-refractivity contribution >= 4 is 46.4 Å². The third-order valence-electron chi connectivity index (χ3n) is 6.58. The molecular formula is C26H37N5O5S. The van der Waals surface area contributed by atoms with E-state index in [9.17, 15) is 24.3 Å². The average molecular weight is 532 g/mol. The van der Waals surface area contributed by atoms with E-state index in [1.54, 1.807) is 31.8 Å². The average Bonchev–Trinajstić information content (AvgIpc) is 3.55. The number of carbonyl (C=O) groups excluding carboxylic acids is 3. The molecule has 1 aromatic heterocycles. The van der Waals surface area contributed by atoms with Gasteiger partial charge in [-0.1, -0.05) is 32.0 Å². The summed E-state index contributed by atoms with van der Waals surface area (Å²) >= 11 is 1.56. The van der Waals surface area contributed by atoms with E-state index >= 15 is 0 Å². The van der Waals surface area contributed by atoms with Gasteiger partial charge in [0.1, 0.15) is 18.1 Å². The first kappa shape index (κ1) is 28.5. The van der Waals surface area contributed by atoms with Gasteiger partial charge in [-0.25, -0.2) is 4.79 Å². The Kier molecular flexibility index (Phi) is 10.4. The summed E-state index contributed by atoms with van der Waals surface area (Å²) in [6.07, 6.45) is 5.78. The van der Waals surface area contributed by atoms with Gasteiger partial charge in [0.15, 0.2) is 0 Å². The molecule has 2 heterocycles. The fourth-order valence-corrected chi connectivity index (χ4v) is 4.93. The Hall–Kier alpha value is -3.05. The Labute approximate surface area is 221 Å². The molecule has 3 amide bonds. The lowest BCUT2D eigenvalue weighted by Crippen LogP contribution is -2.58. The van der Waals surface area contributed by atoms with Crippen LogP contribution in [0.5, 0.6) is 0 Å². The monoisotopic (exact) mass is 531 g/mol. The molecule has 0 spiro atoms. The summed E-state index contributed by atoms with van der Waals surface area (Å²) in [4.78, 5) is 54.1. The molecule has 6 N–H and O–H groups in total. The molecule has 0 saturated carbocycles. The van der Waals surface area contributed by atoms with Crippen LogP contribution in [0.4, 0.5) is 0 Å². The number of benzene rings is 1. The number of amides is 3. The summed E-state index contributed by atoms with van der Waals surface area (Å²) in [7, 11) is 0. The number of aromatic nitrogens is 1. The number of para-hydroxylation sites is 1. The van der Waals surface area contributed by atoms with E-state index in [2.05, 4.69) is 26.3 Å². The van der Waals surface area contributed by atoms with Crippen LogP contribution in [-0.4, -0.2) is 76.5 Å². The van der Waals surface area contributed by atoms with Gasteiger partial charge in [-0.2, -0.15) is 11.8 Å². The first-order valence-corrected chi connectivity index (χ1v) is 14.0.